The average Bonchev–Trinajstić information content (AvgIpc) is 3.43. The predicted octanol–water partition coefficient (Wildman–Crippen LogP) is -1.75. The van der Waals surface area contributed by atoms with Crippen molar-refractivity contribution in [3.8, 4) is 0 Å². The minimum atomic E-state index is -1.49. The van der Waals surface area contributed by atoms with E-state index >= 15 is 0 Å². The van der Waals surface area contributed by atoms with Crippen molar-refractivity contribution in [2.75, 3.05) is 6.54 Å². The van der Waals surface area contributed by atoms with Crippen molar-refractivity contribution in [1.29, 1.82) is 0 Å². The van der Waals surface area contributed by atoms with E-state index in [-0.39, 0.29) is 18.9 Å². The van der Waals surface area contributed by atoms with Gasteiger partial charge in [-0.2, -0.15) is 0 Å². The van der Waals surface area contributed by atoms with Gasteiger partial charge >= 0.3 is 5.97 Å². The van der Waals surface area contributed by atoms with Crippen molar-refractivity contribution < 1.29 is 29.1 Å². The van der Waals surface area contributed by atoms with Gasteiger partial charge in [0.25, 0.3) is 0 Å². The summed E-state index contributed by atoms with van der Waals surface area (Å²) in [6, 6.07) is -4.23. The van der Waals surface area contributed by atoms with Crippen molar-refractivity contribution in [3.05, 3.63) is 18.2 Å². The molecule has 0 radical (unpaired) electrons. The molecule has 13 heteroatoms. The Bertz CT molecular complexity index is 888. The van der Waals surface area contributed by atoms with Crippen LogP contribution in [-0.4, -0.2) is 80.3 Å². The second-order valence-corrected chi connectivity index (χ2v) is 8.84. The van der Waals surface area contributed by atoms with Crippen LogP contribution in [0.2, 0.25) is 0 Å². The Kier molecular flexibility index (Phi) is 9.54. The highest BCUT2D eigenvalue weighted by Crippen LogP contribution is 2.21. The molecule has 0 aromatic carbocycles. The number of nitrogens with one attached hydrogen (secondary N) is 3. The molecule has 1 aromatic heterocycles. The summed E-state index contributed by atoms with van der Waals surface area (Å²) in [7, 11) is 0. The summed E-state index contributed by atoms with van der Waals surface area (Å²) in [4.78, 5) is 69.4. The van der Waals surface area contributed by atoms with E-state index in [4.69, 9.17) is 11.5 Å². The zero-order valence-electron chi connectivity index (χ0n) is 19.3. The lowest BCUT2D eigenvalue weighted by atomic mass is 10.0. The van der Waals surface area contributed by atoms with Crippen molar-refractivity contribution >= 4 is 29.6 Å². The number of carbonyl (C=O) groups is 5. The van der Waals surface area contributed by atoms with Crippen molar-refractivity contribution in [3.63, 3.8) is 0 Å². The number of primary amides is 1. The summed E-state index contributed by atoms with van der Waals surface area (Å²) >= 11 is 0. The topological polar surface area (TPSA) is 214 Å². The number of rotatable bonds is 12. The van der Waals surface area contributed by atoms with E-state index < -0.39 is 60.2 Å². The normalized spacial score (nSPS) is 18.2. The van der Waals surface area contributed by atoms with E-state index in [9.17, 15) is 29.1 Å². The van der Waals surface area contributed by atoms with Gasteiger partial charge in [0.05, 0.1) is 18.8 Å². The number of H-pyrrole nitrogens is 1. The molecule has 0 aliphatic carbocycles. The molecule has 188 valence electrons. The van der Waals surface area contributed by atoms with Gasteiger partial charge in [0, 0.05) is 24.9 Å². The lowest BCUT2D eigenvalue weighted by Crippen LogP contribution is -2.57. The van der Waals surface area contributed by atoms with Crippen LogP contribution in [0, 0.1) is 5.92 Å². The van der Waals surface area contributed by atoms with Crippen molar-refractivity contribution in [2.24, 2.45) is 17.4 Å². The number of imidazole rings is 1. The first-order valence-electron chi connectivity index (χ1n) is 11.1. The molecule has 4 unspecified atom stereocenters. The minimum absolute atomic E-state index is 0.0555. The Hall–Kier alpha value is -3.48. The summed E-state index contributed by atoms with van der Waals surface area (Å²) in [5, 5.41) is 14.2. The molecule has 1 aromatic rings. The van der Waals surface area contributed by atoms with E-state index in [1.807, 2.05) is 13.8 Å². The van der Waals surface area contributed by atoms with Crippen LogP contribution in [0.3, 0.4) is 0 Å². The molecule has 1 aliphatic heterocycles. The van der Waals surface area contributed by atoms with Gasteiger partial charge in [-0.05, 0) is 25.2 Å². The molecule has 1 aliphatic rings. The van der Waals surface area contributed by atoms with Gasteiger partial charge in [-0.3, -0.25) is 19.2 Å². The van der Waals surface area contributed by atoms with E-state index in [1.54, 1.807) is 6.20 Å². The standard InChI is InChI=1S/C21H33N7O6/c1-11(2)6-14(26-18(30)13(22)7-12-9-24-10-25-12)20(32)28-5-3-4-16(28)19(31)27-15(21(33)34)8-17(23)29/h9-11,13-16H,3-8,22H2,1-2H3,(H2,23,29)(H,24,25)(H,26,30)(H,27,31)(H,33,34). The lowest BCUT2D eigenvalue weighted by Gasteiger charge is -2.30. The first-order chi connectivity index (χ1) is 16.0. The quantitative estimate of drug-likeness (QED) is 0.202. The maximum absolute atomic E-state index is 13.4. The molecular weight excluding hydrogens is 446 g/mol. The monoisotopic (exact) mass is 479 g/mol. The van der Waals surface area contributed by atoms with Gasteiger partial charge in [0.1, 0.15) is 18.1 Å². The molecule has 4 amide bonds. The number of hydrogen-bond donors (Lipinski definition) is 6. The van der Waals surface area contributed by atoms with Gasteiger partial charge in [-0.25, -0.2) is 9.78 Å². The smallest absolute Gasteiger partial charge is 0.326 e. The third-order valence-electron chi connectivity index (χ3n) is 5.51. The summed E-state index contributed by atoms with van der Waals surface area (Å²) in [5.74, 6) is -3.88. The molecular formula is C21H33N7O6. The molecule has 0 spiro atoms. The van der Waals surface area contributed by atoms with Crippen molar-refractivity contribution in [2.45, 2.75) is 70.1 Å². The molecule has 2 rings (SSSR count). The number of amides is 4. The second kappa shape index (κ2) is 12.1. The van der Waals surface area contributed by atoms with Crippen LogP contribution in [0.4, 0.5) is 0 Å². The Labute approximate surface area is 197 Å². The zero-order valence-corrected chi connectivity index (χ0v) is 19.3. The molecule has 8 N–H and O–H groups in total. The van der Waals surface area contributed by atoms with Gasteiger partial charge in [-0.15, -0.1) is 0 Å². The number of nitrogens with zero attached hydrogens (tertiary/aromatic N) is 2. The second-order valence-electron chi connectivity index (χ2n) is 8.84. The maximum Gasteiger partial charge on any atom is 0.326 e. The van der Waals surface area contributed by atoms with E-state index in [1.165, 1.54) is 11.2 Å². The number of likely N-dealkylation sites (tertiary alicyclic amines) is 1. The van der Waals surface area contributed by atoms with Gasteiger partial charge < -0.3 is 37.1 Å². The number of nitrogens with two attached hydrogens (primary N) is 2. The van der Waals surface area contributed by atoms with Crippen LogP contribution in [-0.2, 0) is 30.4 Å². The largest absolute Gasteiger partial charge is 0.480 e. The lowest BCUT2D eigenvalue weighted by molar-refractivity contribution is -0.146. The molecule has 13 nitrogen and oxygen atoms in total. The fraction of sp³-hybridized carbons (Fsp3) is 0.619. The van der Waals surface area contributed by atoms with Crippen LogP contribution in [0.1, 0.15) is 45.2 Å². The average molecular weight is 480 g/mol. The van der Waals surface area contributed by atoms with Gasteiger partial charge in [0.15, 0.2) is 0 Å². The van der Waals surface area contributed by atoms with E-state index in [0.717, 1.165) is 0 Å². The van der Waals surface area contributed by atoms with E-state index in [2.05, 4.69) is 20.6 Å². The zero-order chi connectivity index (χ0) is 25.4. The maximum atomic E-state index is 13.4. The van der Waals surface area contributed by atoms with Gasteiger partial charge in [-0.1, -0.05) is 13.8 Å². The van der Waals surface area contributed by atoms with Crippen LogP contribution < -0.4 is 22.1 Å². The molecule has 0 saturated carbocycles. The molecule has 1 saturated heterocycles. The molecule has 0 bridgehead atoms. The summed E-state index contributed by atoms with van der Waals surface area (Å²) in [5.41, 5.74) is 11.7. The Morgan fingerprint density at radius 1 is 1.24 bits per heavy atom. The Morgan fingerprint density at radius 2 is 1.94 bits per heavy atom. The molecule has 34 heavy (non-hydrogen) atoms. The SMILES string of the molecule is CC(C)CC(NC(=O)C(N)Cc1cnc[nH]1)C(=O)N1CCCC1C(=O)NC(CC(N)=O)C(=O)O. The fourth-order valence-corrected chi connectivity index (χ4v) is 3.87. The molecule has 1 fully saturated rings. The summed E-state index contributed by atoms with van der Waals surface area (Å²) < 4.78 is 0. The van der Waals surface area contributed by atoms with E-state index in [0.29, 0.717) is 25.0 Å². The third kappa shape index (κ3) is 7.54. The highest BCUT2D eigenvalue weighted by molar-refractivity contribution is 5.95. The predicted molar refractivity (Wildman–Crippen MR) is 120 cm³/mol. The Balaban J connectivity index is 2.10. The first-order valence-corrected chi connectivity index (χ1v) is 11.1. The number of carboxylic acid groups (broad SMARTS) is 1. The highest BCUT2D eigenvalue weighted by atomic mass is 16.4. The third-order valence-corrected chi connectivity index (χ3v) is 5.51. The molecule has 2 heterocycles. The van der Waals surface area contributed by atoms with Crippen molar-refractivity contribution in [1.82, 2.24) is 25.5 Å². The minimum Gasteiger partial charge on any atom is -0.480 e. The number of aromatic amines is 1. The van der Waals surface area contributed by atoms with Crippen LogP contribution in [0.5, 0.6) is 0 Å². The van der Waals surface area contributed by atoms with Crippen LogP contribution in [0.25, 0.3) is 0 Å². The Morgan fingerprint density at radius 3 is 2.50 bits per heavy atom. The fourth-order valence-electron chi connectivity index (χ4n) is 3.87. The van der Waals surface area contributed by atoms with Gasteiger partial charge in [0.2, 0.25) is 23.6 Å². The summed E-state index contributed by atoms with van der Waals surface area (Å²) in [6.07, 6.45) is 3.84. The number of hydrogen-bond acceptors (Lipinski definition) is 7. The first kappa shape index (κ1) is 26.8. The van der Waals surface area contributed by atoms with Crippen LogP contribution in [0.15, 0.2) is 12.5 Å². The number of aromatic nitrogens is 2. The van der Waals surface area contributed by atoms with Crippen LogP contribution >= 0.6 is 0 Å². The molecule has 4 atom stereocenters. The number of carboxylic acids is 1. The highest BCUT2D eigenvalue weighted by Gasteiger charge is 2.39. The number of aliphatic carboxylic acids is 1. The summed E-state index contributed by atoms with van der Waals surface area (Å²) in [6.45, 7) is 4.06. The number of carbonyl (C=O) groups excluding carboxylic acids is 4.